The second kappa shape index (κ2) is 6.15. The number of aryl methyl sites for hydroxylation is 1. The highest BCUT2D eigenvalue weighted by Gasteiger charge is 2.19. The fourth-order valence-corrected chi connectivity index (χ4v) is 2.21. The average molecular weight is 244 g/mol. The van der Waals surface area contributed by atoms with E-state index in [2.05, 4.69) is 18.9 Å². The smallest absolute Gasteiger partial charge is 0.162 e. The Morgan fingerprint density at radius 3 is 2.75 bits per heavy atom. The van der Waals surface area contributed by atoms with Gasteiger partial charge < -0.3 is 9.84 Å². The van der Waals surface area contributed by atoms with Crippen LogP contribution in [0.25, 0.3) is 0 Å². The van der Waals surface area contributed by atoms with Crippen molar-refractivity contribution in [2.45, 2.75) is 38.7 Å². The third-order valence-corrected chi connectivity index (χ3v) is 3.44. The number of hydrogen-bond donors (Lipinski definition) is 1. The highest BCUT2D eigenvalue weighted by Crippen LogP contribution is 2.28. The third-order valence-electron chi connectivity index (χ3n) is 2.27. The maximum Gasteiger partial charge on any atom is 0.162 e. The van der Waals surface area contributed by atoms with Gasteiger partial charge in [0.05, 0.1) is 13.3 Å². The lowest BCUT2D eigenvalue weighted by molar-refractivity contribution is 0.187. The standard InChI is InChI=1S/C11H20N2O2S/c1-5-13-11(10(15-4)6-12-13)9(14)7-16-8(2)3/h6,8-9,14H,5,7H2,1-4H3. The van der Waals surface area contributed by atoms with Gasteiger partial charge in [0, 0.05) is 12.3 Å². The number of nitrogens with zero attached hydrogens (tertiary/aromatic N) is 2. The number of aliphatic hydroxyl groups excluding tert-OH is 1. The Morgan fingerprint density at radius 2 is 2.25 bits per heavy atom. The largest absolute Gasteiger partial charge is 0.493 e. The number of thioether (sulfide) groups is 1. The summed E-state index contributed by atoms with van der Waals surface area (Å²) in [7, 11) is 1.60. The van der Waals surface area contributed by atoms with Crippen LogP contribution < -0.4 is 4.74 Å². The minimum atomic E-state index is -0.523. The normalized spacial score (nSPS) is 13.1. The van der Waals surface area contributed by atoms with E-state index in [4.69, 9.17) is 4.74 Å². The van der Waals surface area contributed by atoms with Crippen molar-refractivity contribution in [2.24, 2.45) is 0 Å². The molecule has 0 amide bonds. The molecule has 0 saturated carbocycles. The molecule has 4 nitrogen and oxygen atoms in total. The number of aliphatic hydroxyl groups is 1. The summed E-state index contributed by atoms with van der Waals surface area (Å²) in [6, 6.07) is 0. The zero-order valence-corrected chi connectivity index (χ0v) is 11.1. The maximum atomic E-state index is 10.1. The first-order valence-corrected chi connectivity index (χ1v) is 6.54. The molecule has 1 N–H and O–H groups in total. The highest BCUT2D eigenvalue weighted by molar-refractivity contribution is 7.99. The summed E-state index contributed by atoms with van der Waals surface area (Å²) in [5.74, 6) is 1.33. The van der Waals surface area contributed by atoms with Crippen molar-refractivity contribution in [1.29, 1.82) is 0 Å². The van der Waals surface area contributed by atoms with Crippen molar-refractivity contribution < 1.29 is 9.84 Å². The van der Waals surface area contributed by atoms with Crippen molar-refractivity contribution in [3.63, 3.8) is 0 Å². The number of ether oxygens (including phenoxy) is 1. The molecule has 16 heavy (non-hydrogen) atoms. The van der Waals surface area contributed by atoms with E-state index in [0.717, 1.165) is 12.2 Å². The van der Waals surface area contributed by atoms with E-state index in [1.54, 1.807) is 29.8 Å². The van der Waals surface area contributed by atoms with Gasteiger partial charge in [0.2, 0.25) is 0 Å². The van der Waals surface area contributed by atoms with Crippen LogP contribution in [-0.2, 0) is 6.54 Å². The molecule has 0 fully saturated rings. The summed E-state index contributed by atoms with van der Waals surface area (Å²) in [6.45, 7) is 6.97. The molecular weight excluding hydrogens is 224 g/mol. The fourth-order valence-electron chi connectivity index (χ4n) is 1.49. The van der Waals surface area contributed by atoms with Crippen LogP contribution in [-0.4, -0.2) is 33.0 Å². The Bertz CT molecular complexity index is 304. The van der Waals surface area contributed by atoms with Gasteiger partial charge in [-0.2, -0.15) is 16.9 Å². The molecule has 0 aliphatic carbocycles. The predicted octanol–water partition coefficient (Wildman–Crippen LogP) is 2.09. The van der Waals surface area contributed by atoms with E-state index in [1.165, 1.54) is 0 Å². The zero-order valence-electron chi connectivity index (χ0n) is 10.3. The summed E-state index contributed by atoms with van der Waals surface area (Å²) >= 11 is 1.73. The van der Waals surface area contributed by atoms with E-state index in [-0.39, 0.29) is 0 Å². The molecule has 1 heterocycles. The second-order valence-corrected chi connectivity index (χ2v) is 5.42. The minimum Gasteiger partial charge on any atom is -0.493 e. The third kappa shape index (κ3) is 3.15. The van der Waals surface area contributed by atoms with Crippen molar-refractivity contribution in [2.75, 3.05) is 12.9 Å². The summed E-state index contributed by atoms with van der Waals surface area (Å²) < 4.78 is 6.99. The molecule has 0 bridgehead atoms. The average Bonchev–Trinajstić information content (AvgIpc) is 2.68. The molecule has 0 aliphatic rings. The summed E-state index contributed by atoms with van der Waals surface area (Å²) in [5.41, 5.74) is 0.776. The van der Waals surface area contributed by atoms with Crippen molar-refractivity contribution in [3.8, 4) is 5.75 Å². The van der Waals surface area contributed by atoms with Crippen LogP contribution in [0.4, 0.5) is 0 Å². The van der Waals surface area contributed by atoms with Gasteiger partial charge in [0.1, 0.15) is 11.8 Å². The number of hydrogen-bond acceptors (Lipinski definition) is 4. The zero-order chi connectivity index (χ0) is 12.1. The maximum absolute atomic E-state index is 10.1. The molecule has 1 atom stereocenters. The molecule has 0 radical (unpaired) electrons. The lowest BCUT2D eigenvalue weighted by Crippen LogP contribution is -2.11. The first-order valence-electron chi connectivity index (χ1n) is 5.49. The van der Waals surface area contributed by atoms with E-state index in [9.17, 15) is 5.11 Å². The summed E-state index contributed by atoms with van der Waals surface area (Å²) in [6.07, 6.45) is 1.13. The van der Waals surface area contributed by atoms with E-state index in [1.807, 2.05) is 6.92 Å². The van der Waals surface area contributed by atoms with Crippen molar-refractivity contribution >= 4 is 11.8 Å². The fraction of sp³-hybridized carbons (Fsp3) is 0.727. The van der Waals surface area contributed by atoms with E-state index < -0.39 is 6.10 Å². The van der Waals surface area contributed by atoms with Crippen LogP contribution in [0, 0.1) is 0 Å². The Balaban J connectivity index is 2.79. The Labute approximate surface area is 101 Å². The van der Waals surface area contributed by atoms with Gasteiger partial charge in [-0.05, 0) is 12.2 Å². The number of aromatic nitrogens is 2. The van der Waals surface area contributed by atoms with E-state index in [0.29, 0.717) is 16.8 Å². The minimum absolute atomic E-state index is 0.513. The molecule has 0 aliphatic heterocycles. The van der Waals surface area contributed by atoms with Crippen molar-refractivity contribution in [3.05, 3.63) is 11.9 Å². The molecule has 92 valence electrons. The SMILES string of the molecule is CCn1ncc(OC)c1C(O)CSC(C)C. The molecule has 5 heteroatoms. The first-order chi connectivity index (χ1) is 7.60. The molecule has 0 saturated heterocycles. The second-order valence-electron chi connectivity index (χ2n) is 3.81. The number of methoxy groups -OCH3 is 1. The van der Waals surface area contributed by atoms with Crippen LogP contribution in [0.2, 0.25) is 0 Å². The highest BCUT2D eigenvalue weighted by atomic mass is 32.2. The molecule has 1 aromatic heterocycles. The quantitative estimate of drug-likeness (QED) is 0.832. The lowest BCUT2D eigenvalue weighted by Gasteiger charge is -2.14. The Morgan fingerprint density at radius 1 is 1.56 bits per heavy atom. The molecule has 0 aromatic carbocycles. The molecule has 1 rings (SSSR count). The lowest BCUT2D eigenvalue weighted by atomic mass is 10.2. The van der Waals surface area contributed by atoms with Crippen LogP contribution in [0.1, 0.15) is 32.6 Å². The van der Waals surface area contributed by atoms with Gasteiger partial charge in [-0.3, -0.25) is 4.68 Å². The van der Waals surface area contributed by atoms with Gasteiger partial charge in [0.15, 0.2) is 5.75 Å². The molecular formula is C11H20N2O2S. The predicted molar refractivity (Wildman–Crippen MR) is 67.0 cm³/mol. The summed E-state index contributed by atoms with van der Waals surface area (Å²) in [4.78, 5) is 0. The molecule has 1 aromatic rings. The van der Waals surface area contributed by atoms with Crippen LogP contribution in [0.3, 0.4) is 0 Å². The Hall–Kier alpha value is -0.680. The summed E-state index contributed by atoms with van der Waals surface area (Å²) in [5, 5.41) is 14.8. The van der Waals surface area contributed by atoms with E-state index >= 15 is 0 Å². The first kappa shape index (κ1) is 13.4. The van der Waals surface area contributed by atoms with Crippen LogP contribution in [0.15, 0.2) is 6.20 Å². The molecule has 0 spiro atoms. The van der Waals surface area contributed by atoms with Crippen molar-refractivity contribution in [1.82, 2.24) is 9.78 Å². The topological polar surface area (TPSA) is 47.3 Å². The number of rotatable bonds is 6. The Kier molecular flexibility index (Phi) is 5.15. The van der Waals surface area contributed by atoms with Crippen LogP contribution >= 0.6 is 11.8 Å². The monoisotopic (exact) mass is 244 g/mol. The van der Waals surface area contributed by atoms with Gasteiger partial charge in [0.25, 0.3) is 0 Å². The molecule has 1 unspecified atom stereocenters. The van der Waals surface area contributed by atoms with Gasteiger partial charge >= 0.3 is 0 Å². The van der Waals surface area contributed by atoms with Crippen LogP contribution in [0.5, 0.6) is 5.75 Å². The van der Waals surface area contributed by atoms with Gasteiger partial charge in [-0.25, -0.2) is 0 Å². The van der Waals surface area contributed by atoms with Gasteiger partial charge in [-0.15, -0.1) is 0 Å². The van der Waals surface area contributed by atoms with Gasteiger partial charge in [-0.1, -0.05) is 13.8 Å².